The minimum Gasteiger partial charge on any atom is -0.457 e. The summed E-state index contributed by atoms with van der Waals surface area (Å²) < 4.78 is 42.3. The molecule has 0 aliphatic carbocycles. The van der Waals surface area contributed by atoms with E-state index in [1.165, 1.54) is 20.9 Å². The van der Waals surface area contributed by atoms with Gasteiger partial charge in [0, 0.05) is 92.5 Å². The molecule has 0 fully saturated rings. The molecule has 0 unspecified atom stereocenters. The van der Waals surface area contributed by atoms with Crippen molar-refractivity contribution < 1.29 is 52.4 Å². The summed E-state index contributed by atoms with van der Waals surface area (Å²) in [6, 6.07) is 95.0. The van der Waals surface area contributed by atoms with Crippen LogP contribution >= 0.6 is 0 Å². The fraction of sp³-hybridized carbons (Fsp3) is 0.189. The van der Waals surface area contributed by atoms with E-state index in [4.69, 9.17) is 28.4 Å². The molecule has 4 amide bonds. The molecule has 0 bridgehead atoms. The number of carbonyl (C=O) groups excluding carboxylic acids is 5. The van der Waals surface area contributed by atoms with Crippen molar-refractivity contribution >= 4 is 127 Å². The lowest BCUT2D eigenvalue weighted by atomic mass is 9.83. The number of hydrogen-bond donors (Lipinski definition) is 0. The van der Waals surface area contributed by atoms with Crippen molar-refractivity contribution in [3.63, 3.8) is 0 Å². The Morgan fingerprint density at radius 3 is 0.686 bits per heavy atom. The van der Waals surface area contributed by atoms with E-state index in [0.717, 1.165) is 71.6 Å². The van der Waals surface area contributed by atoms with E-state index in [9.17, 15) is 4.79 Å². The zero-order valence-corrected chi connectivity index (χ0v) is 81.8. The van der Waals surface area contributed by atoms with Crippen LogP contribution in [0.2, 0.25) is 0 Å². The van der Waals surface area contributed by atoms with E-state index in [0.29, 0.717) is 151 Å². The zero-order chi connectivity index (χ0) is 97.9. The monoisotopic (exact) mass is 1830 g/mol. The van der Waals surface area contributed by atoms with Crippen LogP contribution in [0.4, 0.5) is 11.4 Å². The minimum atomic E-state index is -0.553. The molecule has 0 saturated carbocycles. The molecule has 2 aliphatic heterocycles. The van der Waals surface area contributed by atoms with Crippen molar-refractivity contribution in [2.45, 2.75) is 157 Å². The van der Waals surface area contributed by atoms with Crippen LogP contribution in [-0.4, -0.2) is 29.9 Å². The Labute approximate surface area is 814 Å². The predicted octanol–water partition coefficient (Wildman–Crippen LogP) is 32.5. The third-order valence-corrected chi connectivity index (χ3v) is 27.2. The summed E-state index contributed by atoms with van der Waals surface area (Å²) in [6.07, 6.45) is 0.743. The molecule has 0 saturated heterocycles. The van der Waals surface area contributed by atoms with Crippen molar-refractivity contribution in [1.29, 1.82) is 0 Å². The maximum absolute atomic E-state index is 15.9. The number of nitrogens with zero attached hydrogens (tertiary/aromatic N) is 2. The first-order valence-electron chi connectivity index (χ1n) is 47.6. The molecule has 13 nitrogen and oxygen atoms in total. The second-order valence-electron chi connectivity index (χ2n) is 43.1. The molecule has 140 heavy (non-hydrogen) atoms. The van der Waals surface area contributed by atoms with Gasteiger partial charge in [-0.2, -0.15) is 0 Å². The molecule has 0 aromatic heterocycles. The number of rotatable bonds is 15. The fourth-order valence-corrected chi connectivity index (χ4v) is 19.6. The Bertz CT molecular complexity index is 7740. The summed E-state index contributed by atoms with van der Waals surface area (Å²) in [5.74, 6) is 17.3. The largest absolute Gasteiger partial charge is 0.457 e. The summed E-state index contributed by atoms with van der Waals surface area (Å²) in [5, 5.41) is 11.7. The number of fused-ring (bicyclic) bond motifs is 4. The van der Waals surface area contributed by atoms with Crippen LogP contribution in [0.25, 0.3) is 86.2 Å². The molecule has 21 rings (SSSR count). The SMILES string of the molecule is CC(C)(C)c1ccc(Oc2ccc3c4c(Oc5ccc(C(C)(C)C)cc5)cc5c6c(cc(Oc7ccc(C(C)(C)C)cc7)c(c7cccc2c73)c64)C(=O)N(c2ccc(C#Cc3cc(C#Cc4ccc(N6C(=O)c7cc(Oc8ccc(C(C)(C)C)cc8)c8c9cccc%10c(Oc%11ccc(C(C)(C)C)cc%11)ccc(c%11c(Oc%12ccc(C(C)(C)C)cc%12)cc(c7c8%11)C6=O)c%109)cc4)cc(C=O)c3)cc2)C5=O)cc1. The molecule has 13 heteroatoms. The van der Waals surface area contributed by atoms with E-state index in [2.05, 4.69) is 245 Å². The molecule has 0 N–H and O–H groups in total. The molecule has 0 spiro atoms. The molecule has 19 aromatic rings. The van der Waals surface area contributed by atoms with Gasteiger partial charge in [-0.15, -0.1) is 0 Å². The highest BCUT2D eigenvalue weighted by Crippen LogP contribution is 2.57. The lowest BCUT2D eigenvalue weighted by molar-refractivity contribution is 0.0877. The van der Waals surface area contributed by atoms with Crippen molar-refractivity contribution in [1.82, 2.24) is 0 Å². The number of anilines is 2. The van der Waals surface area contributed by atoms with E-state index >= 15 is 19.2 Å². The maximum atomic E-state index is 15.9. The third-order valence-electron chi connectivity index (χ3n) is 27.2. The number of ether oxygens (including phenoxy) is 6. The number of benzene rings is 19. The quantitative estimate of drug-likeness (QED) is 0.0318. The summed E-state index contributed by atoms with van der Waals surface area (Å²) in [7, 11) is 0. The summed E-state index contributed by atoms with van der Waals surface area (Å²) >= 11 is 0. The molecule has 688 valence electrons. The van der Waals surface area contributed by atoms with Gasteiger partial charge in [0.15, 0.2) is 0 Å². The molecular formula is C127H104N2O11. The maximum Gasteiger partial charge on any atom is 0.266 e. The number of hydrogen-bond acceptors (Lipinski definition) is 11. The van der Waals surface area contributed by atoms with Gasteiger partial charge in [-0.25, -0.2) is 9.80 Å². The normalized spacial score (nSPS) is 13.2. The van der Waals surface area contributed by atoms with Crippen LogP contribution in [0, 0.1) is 23.7 Å². The molecule has 0 radical (unpaired) electrons. The Hall–Kier alpha value is -16.4. The Morgan fingerprint density at radius 2 is 0.443 bits per heavy atom. The minimum absolute atomic E-state index is 0.0560. The highest BCUT2D eigenvalue weighted by Gasteiger charge is 2.42. The van der Waals surface area contributed by atoms with E-state index in [1.54, 1.807) is 91.0 Å². The van der Waals surface area contributed by atoms with Gasteiger partial charge in [-0.3, -0.25) is 24.0 Å². The van der Waals surface area contributed by atoms with Crippen LogP contribution in [0.3, 0.4) is 0 Å². The third kappa shape index (κ3) is 16.3. The standard InChI is InChI=1S/C127H104N2O11/c1-122(2,3)78-33-49-86(50-34-78)135-102-63-61-96-108-92(102)21-19-23-94(108)112-104(137-88-53-37-80(38-54-88)124(7,8)9)68-98-110-100(70-106(114(96)116(110)112)139-90-57-41-82(42-58-90)126(13,14)15)120(133)128(118(98)131)84-45-29-73(30-46-84)25-27-75-65-76(67-77(66-75)72-130)28-26-74-31-47-85(48-32-74)129-119(132)99-69-105(138-89-55-39-81(40-56-89)125(10,11)12)113-95-24-20-22-93-103(136-87-51-35-79(36-52-87)123(4,5)6)64-62-97(109(93)95)115-107(71-101(121(129)134)111(99)117(113)115)140-91-59-43-83(44-60-91)127(16,17)18/h19-24,29-72H,1-18H3. The predicted molar refractivity (Wildman–Crippen MR) is 566 cm³/mol. The van der Waals surface area contributed by atoms with Gasteiger partial charge in [0.2, 0.25) is 0 Å². The molecule has 2 aliphatic rings. The van der Waals surface area contributed by atoms with Crippen LogP contribution in [0.5, 0.6) is 69.0 Å². The molecule has 0 atom stereocenters. The summed E-state index contributed by atoms with van der Waals surface area (Å²) in [6.45, 7) is 39.1. The van der Waals surface area contributed by atoms with Crippen molar-refractivity contribution in [2.75, 3.05) is 9.80 Å². The molecular weight excluding hydrogens is 1730 g/mol. The number of carbonyl (C=O) groups is 5. The summed E-state index contributed by atoms with van der Waals surface area (Å²) in [4.78, 5) is 78.8. The number of imide groups is 2. The van der Waals surface area contributed by atoms with Crippen LogP contribution in [0.15, 0.2) is 297 Å². The van der Waals surface area contributed by atoms with Crippen LogP contribution < -0.4 is 38.2 Å². The highest BCUT2D eigenvalue weighted by atomic mass is 16.5. The highest BCUT2D eigenvalue weighted by molar-refractivity contribution is 6.46. The number of amides is 4. The first-order valence-corrected chi connectivity index (χ1v) is 47.6. The molecule has 19 aromatic carbocycles. The second kappa shape index (κ2) is 33.5. The second-order valence-corrected chi connectivity index (χ2v) is 43.1. The Balaban J connectivity index is 0.613. The fourth-order valence-electron chi connectivity index (χ4n) is 19.6. The molecule has 2 heterocycles. The van der Waals surface area contributed by atoms with E-state index in [1.807, 2.05) is 109 Å². The topological polar surface area (TPSA) is 147 Å². The van der Waals surface area contributed by atoms with Crippen molar-refractivity contribution in [3.05, 3.63) is 381 Å². The first-order chi connectivity index (χ1) is 66.7. The van der Waals surface area contributed by atoms with Gasteiger partial charge in [-0.1, -0.05) is 258 Å². The van der Waals surface area contributed by atoms with Crippen LogP contribution in [-0.2, 0) is 32.5 Å². The van der Waals surface area contributed by atoms with Gasteiger partial charge in [-0.05, 0) is 275 Å². The lowest BCUT2D eigenvalue weighted by Crippen LogP contribution is -2.40. The van der Waals surface area contributed by atoms with Gasteiger partial charge >= 0.3 is 0 Å². The first kappa shape index (κ1) is 90.1. The van der Waals surface area contributed by atoms with E-state index < -0.39 is 23.6 Å². The van der Waals surface area contributed by atoms with Gasteiger partial charge in [0.1, 0.15) is 75.3 Å². The Morgan fingerprint density at radius 1 is 0.214 bits per heavy atom. The summed E-state index contributed by atoms with van der Waals surface area (Å²) in [5.41, 5.74) is 10.2. The van der Waals surface area contributed by atoms with Crippen LogP contribution in [0.1, 0.15) is 232 Å². The van der Waals surface area contributed by atoms with Crippen molar-refractivity contribution in [3.8, 4) is 92.7 Å². The van der Waals surface area contributed by atoms with Crippen molar-refractivity contribution in [2.24, 2.45) is 0 Å². The van der Waals surface area contributed by atoms with Gasteiger partial charge in [0.25, 0.3) is 23.6 Å². The Kier molecular flexibility index (Phi) is 21.6. The smallest absolute Gasteiger partial charge is 0.266 e. The average molecular weight is 1830 g/mol. The van der Waals surface area contributed by atoms with E-state index in [-0.39, 0.29) is 54.7 Å². The zero-order valence-electron chi connectivity index (χ0n) is 81.8. The number of aldehydes is 1. The van der Waals surface area contributed by atoms with Gasteiger partial charge in [0.05, 0.1) is 33.6 Å². The average Bonchev–Trinajstić information content (AvgIpc) is 0.687. The van der Waals surface area contributed by atoms with Gasteiger partial charge < -0.3 is 28.4 Å². The lowest BCUT2D eigenvalue weighted by Gasteiger charge is -2.30.